The summed E-state index contributed by atoms with van der Waals surface area (Å²) in [5.74, 6) is 0.822. The SMILES string of the molecule is CSCC(O)CN(I)I. The van der Waals surface area contributed by atoms with E-state index in [-0.39, 0.29) is 6.10 Å². The first-order chi connectivity index (χ1) is 4.16. The van der Waals surface area contributed by atoms with Gasteiger partial charge in [0.1, 0.15) is 0 Å². The summed E-state index contributed by atoms with van der Waals surface area (Å²) >= 11 is 5.96. The zero-order chi connectivity index (χ0) is 7.28. The van der Waals surface area contributed by atoms with Crippen molar-refractivity contribution in [1.29, 1.82) is 0 Å². The van der Waals surface area contributed by atoms with Gasteiger partial charge in [0.05, 0.1) is 6.10 Å². The fourth-order valence-corrected chi connectivity index (χ4v) is 1.80. The van der Waals surface area contributed by atoms with E-state index in [4.69, 9.17) is 5.11 Å². The Morgan fingerprint density at radius 3 is 2.56 bits per heavy atom. The summed E-state index contributed by atoms with van der Waals surface area (Å²) in [6.45, 7) is 0.738. The van der Waals surface area contributed by atoms with E-state index in [1.54, 1.807) is 11.8 Å². The van der Waals surface area contributed by atoms with E-state index >= 15 is 0 Å². The van der Waals surface area contributed by atoms with Gasteiger partial charge in [-0.05, 0) is 6.26 Å². The molecule has 0 heterocycles. The maximum Gasteiger partial charge on any atom is 0.0773 e. The Morgan fingerprint density at radius 1 is 1.67 bits per heavy atom. The third kappa shape index (κ3) is 7.63. The topological polar surface area (TPSA) is 23.5 Å². The Hall–Kier alpha value is 1.73. The van der Waals surface area contributed by atoms with Gasteiger partial charge in [0.15, 0.2) is 0 Å². The van der Waals surface area contributed by atoms with Crippen LogP contribution in [-0.4, -0.2) is 31.1 Å². The lowest BCUT2D eigenvalue weighted by Gasteiger charge is -2.10. The van der Waals surface area contributed by atoms with Crippen LogP contribution in [0.4, 0.5) is 0 Å². The first kappa shape index (κ1) is 10.7. The molecule has 0 radical (unpaired) electrons. The molecule has 2 nitrogen and oxygen atoms in total. The Labute approximate surface area is 87.7 Å². The second-order valence-electron chi connectivity index (χ2n) is 1.59. The molecule has 0 aliphatic rings. The summed E-state index contributed by atoms with van der Waals surface area (Å²) in [7, 11) is 0. The summed E-state index contributed by atoms with van der Waals surface area (Å²) in [4.78, 5) is 0. The molecule has 56 valence electrons. The summed E-state index contributed by atoms with van der Waals surface area (Å²) in [6, 6.07) is 0. The van der Waals surface area contributed by atoms with Gasteiger partial charge in [-0.25, -0.2) is 0 Å². The molecule has 0 aliphatic heterocycles. The molecule has 0 aromatic carbocycles. The predicted molar refractivity (Wildman–Crippen MR) is 59.1 cm³/mol. The smallest absolute Gasteiger partial charge is 0.0773 e. The Bertz CT molecular complexity index is 73.6. The molecule has 1 atom stereocenters. The molecule has 1 unspecified atom stereocenters. The number of rotatable bonds is 4. The largest absolute Gasteiger partial charge is 0.391 e. The van der Waals surface area contributed by atoms with Gasteiger partial charge in [0, 0.05) is 58.0 Å². The van der Waals surface area contributed by atoms with Crippen molar-refractivity contribution in [2.75, 3.05) is 18.6 Å². The van der Waals surface area contributed by atoms with Gasteiger partial charge in [0.2, 0.25) is 0 Å². The van der Waals surface area contributed by atoms with Gasteiger partial charge >= 0.3 is 0 Å². The number of thioether (sulfide) groups is 1. The van der Waals surface area contributed by atoms with Gasteiger partial charge in [-0.3, -0.25) is 0 Å². The highest BCUT2D eigenvalue weighted by molar-refractivity contribution is 14.2. The number of aliphatic hydroxyl groups excluding tert-OH is 1. The summed E-state index contributed by atoms with van der Waals surface area (Å²) in [5.41, 5.74) is 0. The average Bonchev–Trinajstić information content (AvgIpc) is 1.63. The van der Waals surface area contributed by atoms with Gasteiger partial charge in [-0.2, -0.15) is 13.1 Å². The first-order valence-electron chi connectivity index (χ1n) is 2.43. The predicted octanol–water partition coefficient (Wildman–Crippen LogP) is 1.71. The van der Waals surface area contributed by atoms with E-state index in [1.807, 2.05) is 7.58 Å². The van der Waals surface area contributed by atoms with Crippen molar-refractivity contribution >= 4 is 57.5 Å². The molecule has 0 rings (SSSR count). The van der Waals surface area contributed by atoms with Crippen LogP contribution in [0.25, 0.3) is 0 Å². The second-order valence-corrected chi connectivity index (χ2v) is 6.68. The number of hydrogen-bond acceptors (Lipinski definition) is 3. The molecule has 0 aromatic heterocycles. The molecule has 9 heavy (non-hydrogen) atoms. The standard InChI is InChI=1S/C4H9I2NOS/c1-9-3-4(8)2-7(5)6/h4,8H,2-3H2,1H3. The highest BCUT2D eigenvalue weighted by atomic mass is 127. The lowest BCUT2D eigenvalue weighted by Crippen LogP contribution is -2.20. The van der Waals surface area contributed by atoms with Crippen LogP contribution in [0.5, 0.6) is 0 Å². The minimum absolute atomic E-state index is 0.186. The zero-order valence-electron chi connectivity index (χ0n) is 5.05. The van der Waals surface area contributed by atoms with Crippen molar-refractivity contribution in [3.63, 3.8) is 0 Å². The van der Waals surface area contributed by atoms with E-state index in [9.17, 15) is 0 Å². The highest BCUT2D eigenvalue weighted by Crippen LogP contribution is 2.09. The maximum atomic E-state index is 9.15. The molecular formula is C4H9I2NOS. The maximum absolute atomic E-state index is 9.15. The monoisotopic (exact) mass is 373 g/mol. The van der Waals surface area contributed by atoms with Gasteiger partial charge < -0.3 is 5.11 Å². The molecule has 0 saturated carbocycles. The van der Waals surface area contributed by atoms with Gasteiger partial charge in [0.25, 0.3) is 0 Å². The average molecular weight is 373 g/mol. The second kappa shape index (κ2) is 6.44. The molecule has 0 aliphatic carbocycles. The fraction of sp³-hybridized carbons (Fsp3) is 1.00. The number of aliphatic hydroxyl groups is 1. The van der Waals surface area contributed by atoms with Crippen molar-refractivity contribution in [3.05, 3.63) is 0 Å². The highest BCUT2D eigenvalue weighted by Gasteiger charge is 2.04. The third-order valence-electron chi connectivity index (χ3n) is 0.708. The Morgan fingerprint density at radius 2 is 2.22 bits per heavy atom. The molecule has 0 amide bonds. The van der Waals surface area contributed by atoms with Crippen LogP contribution in [0.1, 0.15) is 0 Å². The first-order valence-corrected chi connectivity index (χ1v) is 5.75. The minimum atomic E-state index is -0.186. The van der Waals surface area contributed by atoms with Crippen molar-refractivity contribution in [1.82, 2.24) is 1.33 Å². The molecule has 0 bridgehead atoms. The van der Waals surface area contributed by atoms with E-state index in [0.29, 0.717) is 0 Å². The summed E-state index contributed by atoms with van der Waals surface area (Å²) in [6.07, 6.45) is 1.81. The van der Waals surface area contributed by atoms with Crippen LogP contribution in [0.2, 0.25) is 0 Å². The van der Waals surface area contributed by atoms with E-state index in [0.717, 1.165) is 12.3 Å². The molecular weight excluding hydrogens is 364 g/mol. The quantitative estimate of drug-likeness (QED) is 0.600. The van der Waals surface area contributed by atoms with E-state index in [1.165, 1.54) is 0 Å². The van der Waals surface area contributed by atoms with E-state index < -0.39 is 0 Å². The van der Waals surface area contributed by atoms with Gasteiger partial charge in [-0.1, -0.05) is 0 Å². The Balaban J connectivity index is 3.15. The lowest BCUT2D eigenvalue weighted by atomic mass is 10.4. The van der Waals surface area contributed by atoms with Crippen LogP contribution >= 0.6 is 57.5 Å². The minimum Gasteiger partial charge on any atom is -0.391 e. The summed E-state index contributed by atoms with van der Waals surface area (Å²) in [5, 5.41) is 9.15. The molecule has 0 fully saturated rings. The van der Waals surface area contributed by atoms with Crippen LogP contribution < -0.4 is 0 Å². The van der Waals surface area contributed by atoms with E-state index in [2.05, 4.69) is 45.7 Å². The molecule has 5 heteroatoms. The fourth-order valence-electron chi connectivity index (χ4n) is 0.404. The van der Waals surface area contributed by atoms with Crippen LogP contribution in [0, 0.1) is 0 Å². The lowest BCUT2D eigenvalue weighted by molar-refractivity contribution is 0.196. The van der Waals surface area contributed by atoms with Crippen molar-refractivity contribution < 1.29 is 5.11 Å². The normalized spacial score (nSPS) is 14.3. The number of hydrogen-bond donors (Lipinski definition) is 1. The Kier molecular flexibility index (Phi) is 7.68. The number of halogens is 2. The summed E-state index contributed by atoms with van der Waals surface area (Å²) < 4.78 is 1.93. The van der Waals surface area contributed by atoms with Crippen molar-refractivity contribution in [3.8, 4) is 0 Å². The molecule has 0 spiro atoms. The van der Waals surface area contributed by atoms with Crippen molar-refractivity contribution in [2.24, 2.45) is 0 Å². The van der Waals surface area contributed by atoms with Gasteiger partial charge in [-0.15, -0.1) is 0 Å². The molecule has 0 saturated heterocycles. The third-order valence-corrected chi connectivity index (χ3v) is 2.21. The molecule has 0 aromatic rings. The zero-order valence-corrected chi connectivity index (χ0v) is 10.2. The van der Waals surface area contributed by atoms with Crippen LogP contribution in [0.3, 0.4) is 0 Å². The molecule has 1 N–H and O–H groups in total. The number of nitrogens with zero attached hydrogens (tertiary/aromatic N) is 1. The van der Waals surface area contributed by atoms with Crippen LogP contribution in [-0.2, 0) is 0 Å². The van der Waals surface area contributed by atoms with Crippen LogP contribution in [0.15, 0.2) is 0 Å². The van der Waals surface area contributed by atoms with Crippen molar-refractivity contribution in [2.45, 2.75) is 6.10 Å².